The van der Waals surface area contributed by atoms with Crippen molar-refractivity contribution in [3.8, 4) is 0 Å². The maximum atomic E-state index is 12.1. The number of hydrogen-bond acceptors (Lipinski definition) is 3. The van der Waals surface area contributed by atoms with Crippen LogP contribution in [-0.4, -0.2) is 18.2 Å². The Morgan fingerprint density at radius 1 is 1.32 bits per heavy atom. The van der Waals surface area contributed by atoms with E-state index >= 15 is 0 Å². The molecule has 0 saturated carbocycles. The number of thiophene rings is 1. The Bertz CT molecular complexity index is 514. The van der Waals surface area contributed by atoms with Crippen LogP contribution < -0.4 is 11.1 Å². The van der Waals surface area contributed by atoms with Gasteiger partial charge in [0.05, 0.1) is 12.0 Å². The molecule has 0 atom stereocenters. The summed E-state index contributed by atoms with van der Waals surface area (Å²) in [4.78, 5) is 23.9. The van der Waals surface area contributed by atoms with E-state index in [2.05, 4.69) is 5.32 Å². The van der Waals surface area contributed by atoms with Crippen LogP contribution in [0, 0.1) is 0 Å². The van der Waals surface area contributed by atoms with Gasteiger partial charge in [-0.05, 0) is 31.2 Å². The molecule has 2 rings (SSSR count). The number of nitrogens with two attached hydrogens (primary N) is 1. The molecule has 0 radical (unpaired) electrons. The smallest absolute Gasteiger partial charge is 0.251 e. The molecule has 0 spiro atoms. The van der Waals surface area contributed by atoms with Gasteiger partial charge in [0.25, 0.3) is 5.91 Å². The normalized spacial score (nSPS) is 14.3. The maximum Gasteiger partial charge on any atom is 0.251 e. The average Bonchev–Trinajstić information content (AvgIpc) is 2.64. The van der Waals surface area contributed by atoms with Crippen LogP contribution in [0.1, 0.15) is 40.1 Å². The molecule has 0 saturated heterocycles. The van der Waals surface area contributed by atoms with E-state index in [-0.39, 0.29) is 0 Å². The molecule has 0 unspecified atom stereocenters. The average molecular weight is 288 g/mol. The number of amides is 2. The van der Waals surface area contributed by atoms with Crippen molar-refractivity contribution in [2.24, 2.45) is 5.73 Å². The number of nitrogens with one attached hydrogen (secondary N) is 1. The van der Waals surface area contributed by atoms with Crippen molar-refractivity contribution in [2.75, 3.05) is 5.32 Å². The summed E-state index contributed by atoms with van der Waals surface area (Å²) in [6, 6.07) is 0. The zero-order valence-corrected chi connectivity index (χ0v) is 11.0. The molecule has 1 heterocycles. The fourth-order valence-corrected chi connectivity index (χ4v) is 3.54. The van der Waals surface area contributed by atoms with E-state index in [1.807, 2.05) is 0 Å². The molecule has 0 bridgehead atoms. The van der Waals surface area contributed by atoms with Crippen molar-refractivity contribution < 1.29 is 18.4 Å². The molecular formula is C12H14F2N2O2S. The standard InChI is InChI=1S/C12H14F2N2O2S/c13-8(14)5-9(17)16-12-10(11(15)18)6-3-1-2-4-7(6)19-12/h8H,1-5H2,(H2,15,18)(H,16,17). The predicted molar refractivity (Wildman–Crippen MR) is 68.7 cm³/mol. The fraction of sp³-hybridized carbons (Fsp3) is 0.500. The van der Waals surface area contributed by atoms with Crippen LogP contribution in [0.4, 0.5) is 13.8 Å². The summed E-state index contributed by atoms with van der Waals surface area (Å²) in [6.45, 7) is 0. The van der Waals surface area contributed by atoms with Gasteiger partial charge in [-0.15, -0.1) is 11.3 Å². The van der Waals surface area contributed by atoms with E-state index in [0.29, 0.717) is 10.6 Å². The van der Waals surface area contributed by atoms with Crippen molar-refractivity contribution in [3.05, 3.63) is 16.0 Å². The van der Waals surface area contributed by atoms with E-state index in [0.717, 1.165) is 36.1 Å². The van der Waals surface area contributed by atoms with Crippen LogP contribution in [0.15, 0.2) is 0 Å². The van der Waals surface area contributed by atoms with Crippen LogP contribution >= 0.6 is 11.3 Å². The van der Waals surface area contributed by atoms with E-state index < -0.39 is 24.7 Å². The van der Waals surface area contributed by atoms with Gasteiger partial charge in [-0.25, -0.2) is 8.78 Å². The molecule has 7 heteroatoms. The first-order valence-corrected chi connectivity index (χ1v) is 6.83. The lowest BCUT2D eigenvalue weighted by molar-refractivity contribution is -0.118. The Morgan fingerprint density at radius 2 is 2.00 bits per heavy atom. The number of hydrogen-bond donors (Lipinski definition) is 2. The quantitative estimate of drug-likeness (QED) is 0.892. The second-order valence-electron chi connectivity index (χ2n) is 4.42. The van der Waals surface area contributed by atoms with Gasteiger partial charge in [-0.2, -0.15) is 0 Å². The number of aryl methyl sites for hydroxylation is 1. The first-order chi connectivity index (χ1) is 8.99. The fourth-order valence-electron chi connectivity index (χ4n) is 2.23. The highest BCUT2D eigenvalue weighted by Gasteiger charge is 2.25. The lowest BCUT2D eigenvalue weighted by Gasteiger charge is -2.11. The third-order valence-electron chi connectivity index (χ3n) is 3.01. The van der Waals surface area contributed by atoms with Gasteiger partial charge in [0, 0.05) is 4.88 Å². The summed E-state index contributed by atoms with van der Waals surface area (Å²) in [5, 5.41) is 2.69. The number of alkyl halides is 2. The molecule has 19 heavy (non-hydrogen) atoms. The van der Waals surface area contributed by atoms with Crippen molar-refractivity contribution >= 4 is 28.2 Å². The van der Waals surface area contributed by atoms with Gasteiger partial charge in [0.15, 0.2) is 0 Å². The van der Waals surface area contributed by atoms with E-state index in [9.17, 15) is 18.4 Å². The maximum absolute atomic E-state index is 12.1. The first kappa shape index (κ1) is 13.9. The Balaban J connectivity index is 2.27. The van der Waals surface area contributed by atoms with Gasteiger partial charge in [-0.1, -0.05) is 0 Å². The van der Waals surface area contributed by atoms with Gasteiger partial charge < -0.3 is 11.1 Å². The molecule has 1 aliphatic rings. The summed E-state index contributed by atoms with van der Waals surface area (Å²) >= 11 is 1.27. The largest absolute Gasteiger partial charge is 0.365 e. The van der Waals surface area contributed by atoms with Crippen LogP contribution in [0.2, 0.25) is 0 Å². The molecule has 0 fully saturated rings. The SMILES string of the molecule is NC(=O)c1c(NC(=O)CC(F)F)sc2c1CCCC2. The van der Waals surface area contributed by atoms with E-state index in [4.69, 9.17) is 5.73 Å². The minimum Gasteiger partial charge on any atom is -0.365 e. The number of fused-ring (bicyclic) bond motifs is 1. The number of anilines is 1. The molecule has 1 aromatic rings. The predicted octanol–water partition coefficient (Wildman–Crippen LogP) is 2.32. The zero-order chi connectivity index (χ0) is 14.0. The van der Waals surface area contributed by atoms with E-state index in [1.165, 1.54) is 11.3 Å². The summed E-state index contributed by atoms with van der Waals surface area (Å²) in [6.07, 6.45) is -0.00264. The lowest BCUT2D eigenvalue weighted by Crippen LogP contribution is -2.19. The molecule has 0 aliphatic heterocycles. The Labute approximate surface area is 113 Å². The molecule has 104 valence electrons. The second-order valence-corrected chi connectivity index (χ2v) is 5.53. The number of halogens is 2. The highest BCUT2D eigenvalue weighted by molar-refractivity contribution is 7.17. The topological polar surface area (TPSA) is 72.2 Å². The third-order valence-corrected chi connectivity index (χ3v) is 4.22. The van der Waals surface area contributed by atoms with Gasteiger partial charge in [0.2, 0.25) is 12.3 Å². The molecule has 1 aliphatic carbocycles. The number of rotatable bonds is 4. The highest BCUT2D eigenvalue weighted by atomic mass is 32.1. The van der Waals surface area contributed by atoms with Gasteiger partial charge in [-0.3, -0.25) is 9.59 Å². The van der Waals surface area contributed by atoms with Crippen molar-refractivity contribution in [3.63, 3.8) is 0 Å². The van der Waals surface area contributed by atoms with Crippen molar-refractivity contribution in [1.82, 2.24) is 0 Å². The Morgan fingerprint density at radius 3 is 2.63 bits per heavy atom. The van der Waals surface area contributed by atoms with Gasteiger partial charge in [0.1, 0.15) is 5.00 Å². The molecule has 0 aromatic carbocycles. The molecule has 2 amide bonds. The number of primary amides is 1. The minimum atomic E-state index is -2.70. The second kappa shape index (κ2) is 5.64. The summed E-state index contributed by atoms with van der Waals surface area (Å²) in [5.41, 5.74) is 6.49. The van der Waals surface area contributed by atoms with Gasteiger partial charge >= 0.3 is 0 Å². The van der Waals surface area contributed by atoms with Crippen LogP contribution in [0.25, 0.3) is 0 Å². The minimum absolute atomic E-state index is 0.294. The molecule has 3 N–H and O–H groups in total. The summed E-state index contributed by atoms with van der Waals surface area (Å²) in [7, 11) is 0. The lowest BCUT2D eigenvalue weighted by atomic mass is 9.95. The monoisotopic (exact) mass is 288 g/mol. The van der Waals surface area contributed by atoms with Crippen molar-refractivity contribution in [1.29, 1.82) is 0 Å². The zero-order valence-electron chi connectivity index (χ0n) is 10.2. The Kier molecular flexibility index (Phi) is 4.14. The van der Waals surface area contributed by atoms with Crippen LogP contribution in [0.3, 0.4) is 0 Å². The Hall–Kier alpha value is -1.50. The van der Waals surface area contributed by atoms with Crippen LogP contribution in [0.5, 0.6) is 0 Å². The summed E-state index contributed by atoms with van der Waals surface area (Å²) in [5.74, 6) is -1.41. The molecular weight excluding hydrogens is 274 g/mol. The molecule has 4 nitrogen and oxygen atoms in total. The summed E-state index contributed by atoms with van der Waals surface area (Å²) < 4.78 is 24.2. The van der Waals surface area contributed by atoms with E-state index in [1.54, 1.807) is 0 Å². The number of carbonyl (C=O) groups is 2. The van der Waals surface area contributed by atoms with Crippen molar-refractivity contribution in [2.45, 2.75) is 38.5 Å². The highest BCUT2D eigenvalue weighted by Crippen LogP contribution is 2.37. The first-order valence-electron chi connectivity index (χ1n) is 6.01. The third kappa shape index (κ3) is 3.09. The number of carbonyl (C=O) groups excluding carboxylic acids is 2. The molecule has 1 aromatic heterocycles. The van der Waals surface area contributed by atoms with Crippen LogP contribution in [-0.2, 0) is 17.6 Å².